The van der Waals surface area contributed by atoms with Crippen molar-refractivity contribution in [2.24, 2.45) is 0 Å². The fourth-order valence-electron chi connectivity index (χ4n) is 1.38. The lowest BCUT2D eigenvalue weighted by Crippen LogP contribution is -2.27. The third-order valence-electron chi connectivity index (χ3n) is 2.06. The highest BCUT2D eigenvalue weighted by Crippen LogP contribution is 2.12. The predicted molar refractivity (Wildman–Crippen MR) is 69.4 cm³/mol. The third-order valence-corrected chi connectivity index (χ3v) is 2.06. The Kier molecular flexibility index (Phi) is 8.72. The molecule has 0 amide bonds. The summed E-state index contributed by atoms with van der Waals surface area (Å²) < 4.78 is 0. The van der Waals surface area contributed by atoms with E-state index in [0.29, 0.717) is 0 Å². The lowest BCUT2D eigenvalue weighted by Gasteiger charge is -2.22. The Hall–Kier alpha value is -0.960. The number of aromatic nitrogens is 2. The Bertz CT molecular complexity index is 274. The van der Waals surface area contributed by atoms with Gasteiger partial charge in [0.05, 0.1) is 5.69 Å². The van der Waals surface area contributed by atoms with E-state index in [1.807, 2.05) is 20.0 Å². The first-order valence-electron chi connectivity index (χ1n) is 6.24. The Morgan fingerprint density at radius 3 is 2.56 bits per heavy atom. The van der Waals surface area contributed by atoms with Gasteiger partial charge in [0.2, 0.25) is 0 Å². The van der Waals surface area contributed by atoms with Crippen LogP contribution >= 0.6 is 0 Å². The van der Waals surface area contributed by atoms with E-state index in [2.05, 4.69) is 35.8 Å². The van der Waals surface area contributed by atoms with E-state index in [1.54, 1.807) is 6.33 Å². The molecule has 2 rings (SSSR count). The van der Waals surface area contributed by atoms with Crippen LogP contribution in [0.2, 0.25) is 0 Å². The lowest BCUT2D eigenvalue weighted by atomic mass is 10.1. The molecular formula is C13H25N3. The van der Waals surface area contributed by atoms with Crippen LogP contribution in [0.15, 0.2) is 12.5 Å². The topological polar surface area (TPSA) is 29.0 Å². The molecule has 1 aromatic heterocycles. The van der Waals surface area contributed by atoms with Crippen LogP contribution in [0, 0.1) is 0 Å². The minimum absolute atomic E-state index is 0.970. The van der Waals surface area contributed by atoms with Crippen LogP contribution in [-0.2, 0) is 13.0 Å². The number of hydrogen-bond acceptors (Lipinski definition) is 3. The first kappa shape index (κ1) is 15.0. The minimum Gasteiger partial charge on any atom is -0.300 e. The summed E-state index contributed by atoms with van der Waals surface area (Å²) in [5, 5.41) is 0. The molecule has 92 valence electrons. The highest BCUT2D eigenvalue weighted by Gasteiger charge is 2.12. The maximum absolute atomic E-state index is 4.22. The second-order valence-electron chi connectivity index (χ2n) is 3.69. The Morgan fingerprint density at radius 1 is 1.31 bits per heavy atom. The molecule has 0 bridgehead atoms. The fourth-order valence-corrected chi connectivity index (χ4v) is 1.38. The minimum atomic E-state index is 0.970. The van der Waals surface area contributed by atoms with Crippen LogP contribution in [0.4, 0.5) is 0 Å². The summed E-state index contributed by atoms with van der Waals surface area (Å²) in [7, 11) is 2.12. The molecule has 3 nitrogen and oxygen atoms in total. The lowest BCUT2D eigenvalue weighted by molar-refractivity contribution is 0.307. The van der Waals surface area contributed by atoms with Gasteiger partial charge in [-0.25, -0.2) is 9.97 Å². The molecule has 1 aliphatic rings. The van der Waals surface area contributed by atoms with Crippen LogP contribution in [0.3, 0.4) is 0 Å². The maximum atomic E-state index is 4.22. The number of likely N-dealkylation sites (N-methyl/N-ethyl adjacent to an activating group) is 1. The Labute approximate surface area is 99.9 Å². The molecule has 0 N–H and O–H groups in total. The summed E-state index contributed by atoms with van der Waals surface area (Å²) in [6.07, 6.45) is 5.89. The summed E-state index contributed by atoms with van der Waals surface area (Å²) in [6, 6.07) is 0. The molecule has 1 aliphatic heterocycles. The second-order valence-corrected chi connectivity index (χ2v) is 3.69. The van der Waals surface area contributed by atoms with Crippen molar-refractivity contribution in [1.29, 1.82) is 0 Å². The molecule has 0 aromatic carbocycles. The Balaban J connectivity index is 0.000000394. The maximum Gasteiger partial charge on any atom is 0.115 e. The average Bonchev–Trinajstić information content (AvgIpc) is 2.32. The first-order valence-corrected chi connectivity index (χ1v) is 6.24. The van der Waals surface area contributed by atoms with Crippen LogP contribution in [-0.4, -0.2) is 28.5 Å². The summed E-state index contributed by atoms with van der Waals surface area (Å²) in [6.45, 7) is 10.3. The van der Waals surface area contributed by atoms with Gasteiger partial charge in [0.25, 0.3) is 0 Å². The molecule has 0 saturated carbocycles. The van der Waals surface area contributed by atoms with Gasteiger partial charge in [-0.3, -0.25) is 0 Å². The van der Waals surface area contributed by atoms with Crippen LogP contribution in [0.5, 0.6) is 0 Å². The fraction of sp³-hybridized carbons (Fsp3) is 0.692. The van der Waals surface area contributed by atoms with Gasteiger partial charge in [-0.05, 0) is 19.0 Å². The largest absolute Gasteiger partial charge is 0.300 e. The van der Waals surface area contributed by atoms with E-state index in [1.165, 1.54) is 17.7 Å². The van der Waals surface area contributed by atoms with Crippen molar-refractivity contribution >= 4 is 0 Å². The van der Waals surface area contributed by atoms with Gasteiger partial charge in [0.15, 0.2) is 0 Å². The molecule has 0 aliphatic carbocycles. The van der Waals surface area contributed by atoms with E-state index < -0.39 is 0 Å². The molecule has 0 spiro atoms. The molecule has 0 radical (unpaired) electrons. The van der Waals surface area contributed by atoms with Gasteiger partial charge in [-0.15, -0.1) is 0 Å². The van der Waals surface area contributed by atoms with Crippen LogP contribution < -0.4 is 0 Å². The van der Waals surface area contributed by atoms with Crippen molar-refractivity contribution in [1.82, 2.24) is 14.9 Å². The van der Waals surface area contributed by atoms with E-state index in [0.717, 1.165) is 19.5 Å². The summed E-state index contributed by atoms with van der Waals surface area (Å²) in [5.74, 6) is 0. The van der Waals surface area contributed by atoms with Gasteiger partial charge in [-0.2, -0.15) is 0 Å². The standard InChI is InChI=1S/C8H11N3.C3H8.C2H6/c1-11-3-2-7-4-9-6-10-8(7)5-11;1-3-2;1-2/h4,6H,2-3,5H2,1H3;3H2,1-2H3;1-2H3. The average molecular weight is 223 g/mol. The molecule has 0 fully saturated rings. The monoisotopic (exact) mass is 223 g/mol. The quantitative estimate of drug-likeness (QED) is 0.677. The van der Waals surface area contributed by atoms with Crippen molar-refractivity contribution in [3.8, 4) is 0 Å². The van der Waals surface area contributed by atoms with Gasteiger partial charge in [-0.1, -0.05) is 34.1 Å². The van der Waals surface area contributed by atoms with E-state index in [4.69, 9.17) is 0 Å². The number of rotatable bonds is 0. The van der Waals surface area contributed by atoms with Crippen molar-refractivity contribution < 1.29 is 0 Å². The smallest absolute Gasteiger partial charge is 0.115 e. The molecule has 16 heavy (non-hydrogen) atoms. The van der Waals surface area contributed by atoms with Crippen molar-refractivity contribution in [2.75, 3.05) is 13.6 Å². The van der Waals surface area contributed by atoms with Crippen molar-refractivity contribution in [3.63, 3.8) is 0 Å². The zero-order chi connectivity index (χ0) is 12.4. The molecular weight excluding hydrogens is 198 g/mol. The number of nitrogens with zero attached hydrogens (tertiary/aromatic N) is 3. The van der Waals surface area contributed by atoms with Gasteiger partial charge in [0.1, 0.15) is 6.33 Å². The van der Waals surface area contributed by atoms with Crippen LogP contribution in [0.1, 0.15) is 45.4 Å². The van der Waals surface area contributed by atoms with Gasteiger partial charge in [0, 0.05) is 19.3 Å². The predicted octanol–water partition coefficient (Wildman–Crippen LogP) is 2.91. The van der Waals surface area contributed by atoms with E-state index in [9.17, 15) is 0 Å². The van der Waals surface area contributed by atoms with E-state index in [-0.39, 0.29) is 0 Å². The van der Waals surface area contributed by atoms with Crippen molar-refractivity contribution in [2.45, 2.75) is 47.1 Å². The van der Waals surface area contributed by atoms with Crippen LogP contribution in [0.25, 0.3) is 0 Å². The van der Waals surface area contributed by atoms with E-state index >= 15 is 0 Å². The Morgan fingerprint density at radius 2 is 1.94 bits per heavy atom. The summed E-state index contributed by atoms with van der Waals surface area (Å²) in [5.41, 5.74) is 2.50. The number of fused-ring (bicyclic) bond motifs is 1. The second kappa shape index (κ2) is 9.28. The zero-order valence-electron chi connectivity index (χ0n) is 11.3. The summed E-state index contributed by atoms with van der Waals surface area (Å²) in [4.78, 5) is 10.5. The summed E-state index contributed by atoms with van der Waals surface area (Å²) >= 11 is 0. The number of hydrogen-bond donors (Lipinski definition) is 0. The molecule has 0 unspecified atom stereocenters. The molecule has 1 aromatic rings. The SMILES string of the molecule is CC.CCC.CN1CCc2cncnc2C1. The zero-order valence-corrected chi connectivity index (χ0v) is 11.3. The van der Waals surface area contributed by atoms with Gasteiger partial charge >= 0.3 is 0 Å². The molecule has 0 atom stereocenters. The normalized spacial score (nSPS) is 13.8. The molecule has 2 heterocycles. The highest BCUT2D eigenvalue weighted by atomic mass is 15.1. The molecule has 3 heteroatoms. The van der Waals surface area contributed by atoms with Crippen molar-refractivity contribution in [3.05, 3.63) is 23.8 Å². The highest BCUT2D eigenvalue weighted by molar-refractivity contribution is 5.18. The third kappa shape index (κ3) is 5.21. The first-order chi connectivity index (χ1) is 7.77. The molecule has 0 saturated heterocycles. The van der Waals surface area contributed by atoms with Gasteiger partial charge < -0.3 is 4.90 Å².